The molecule has 2 saturated heterocycles. The molecule has 0 aliphatic carbocycles. The van der Waals surface area contributed by atoms with Crippen molar-refractivity contribution in [3.8, 4) is 0 Å². The molecule has 0 aromatic heterocycles. The highest BCUT2D eigenvalue weighted by Crippen LogP contribution is 2.28. The Labute approximate surface area is 178 Å². The van der Waals surface area contributed by atoms with Gasteiger partial charge in [-0.05, 0) is 45.2 Å². The van der Waals surface area contributed by atoms with E-state index in [-0.39, 0.29) is 36.0 Å². The van der Waals surface area contributed by atoms with Gasteiger partial charge in [-0.25, -0.2) is 0 Å². The van der Waals surface area contributed by atoms with E-state index in [0.717, 1.165) is 17.7 Å². The van der Waals surface area contributed by atoms with Crippen molar-refractivity contribution in [2.75, 3.05) is 44.3 Å². The van der Waals surface area contributed by atoms with Crippen molar-refractivity contribution in [3.63, 3.8) is 0 Å². The summed E-state index contributed by atoms with van der Waals surface area (Å²) in [6, 6.07) is 7.81. The minimum absolute atomic E-state index is 0.00137. The van der Waals surface area contributed by atoms with Crippen LogP contribution in [0, 0.1) is 18.8 Å². The molecular formula is C23H33N3O4. The SMILES string of the molecule is CCOCCCNC(=O)C1CCN(C(=O)[C@@H]2CC(=O)N(c3ccc(C)cc3)C2)CC1. The van der Waals surface area contributed by atoms with Gasteiger partial charge in [0.1, 0.15) is 0 Å². The van der Waals surface area contributed by atoms with E-state index in [9.17, 15) is 14.4 Å². The van der Waals surface area contributed by atoms with Crippen LogP contribution in [0.4, 0.5) is 5.69 Å². The molecule has 7 nitrogen and oxygen atoms in total. The number of anilines is 1. The number of piperidine rings is 1. The van der Waals surface area contributed by atoms with Gasteiger partial charge in [-0.1, -0.05) is 17.7 Å². The number of rotatable bonds is 8. The Kier molecular flexibility index (Phi) is 7.85. The highest BCUT2D eigenvalue weighted by molar-refractivity contribution is 6.00. The maximum absolute atomic E-state index is 13.0. The minimum atomic E-state index is -0.303. The summed E-state index contributed by atoms with van der Waals surface area (Å²) in [5.74, 6) is -0.245. The van der Waals surface area contributed by atoms with Gasteiger partial charge in [0.25, 0.3) is 0 Å². The molecule has 0 radical (unpaired) electrons. The molecule has 2 aliphatic heterocycles. The van der Waals surface area contributed by atoms with Crippen LogP contribution in [-0.2, 0) is 19.1 Å². The molecule has 3 amide bonds. The average Bonchev–Trinajstić information content (AvgIpc) is 3.15. The largest absolute Gasteiger partial charge is 0.382 e. The second-order valence-electron chi connectivity index (χ2n) is 8.18. The van der Waals surface area contributed by atoms with Crippen LogP contribution in [-0.4, -0.2) is 62.0 Å². The molecule has 3 rings (SSSR count). The summed E-state index contributed by atoms with van der Waals surface area (Å²) >= 11 is 0. The van der Waals surface area contributed by atoms with E-state index in [2.05, 4.69) is 5.32 Å². The van der Waals surface area contributed by atoms with E-state index in [1.807, 2.05) is 43.0 Å². The number of carbonyl (C=O) groups excluding carboxylic acids is 3. The number of carbonyl (C=O) groups is 3. The van der Waals surface area contributed by atoms with E-state index in [4.69, 9.17) is 4.74 Å². The van der Waals surface area contributed by atoms with Crippen LogP contribution in [0.1, 0.15) is 38.2 Å². The van der Waals surface area contributed by atoms with Gasteiger partial charge >= 0.3 is 0 Å². The van der Waals surface area contributed by atoms with Crippen LogP contribution >= 0.6 is 0 Å². The molecule has 1 N–H and O–H groups in total. The number of amides is 3. The number of aryl methyl sites for hydroxylation is 1. The lowest BCUT2D eigenvalue weighted by Gasteiger charge is -2.33. The molecule has 1 aromatic carbocycles. The fourth-order valence-corrected chi connectivity index (χ4v) is 4.14. The first kappa shape index (κ1) is 22.3. The lowest BCUT2D eigenvalue weighted by molar-refractivity contribution is -0.139. The van der Waals surface area contributed by atoms with Crippen molar-refractivity contribution < 1.29 is 19.1 Å². The summed E-state index contributed by atoms with van der Waals surface area (Å²) in [5.41, 5.74) is 1.99. The lowest BCUT2D eigenvalue weighted by atomic mass is 9.94. The normalized spacial score (nSPS) is 19.9. The highest BCUT2D eigenvalue weighted by Gasteiger charge is 2.38. The molecule has 1 atom stereocenters. The quantitative estimate of drug-likeness (QED) is 0.660. The number of hydrogen-bond acceptors (Lipinski definition) is 4. The molecule has 2 fully saturated rings. The standard InChI is InChI=1S/C23H33N3O4/c1-3-30-14-4-11-24-22(28)18-9-12-25(13-10-18)23(29)19-15-21(27)26(16-19)20-7-5-17(2)6-8-20/h5-8,18-19H,3-4,9-16H2,1-2H3,(H,24,28)/t19-/m1/s1. The first-order valence-corrected chi connectivity index (χ1v) is 11.0. The number of nitrogens with one attached hydrogen (secondary N) is 1. The Hall–Kier alpha value is -2.41. The van der Waals surface area contributed by atoms with Gasteiger partial charge in [0.2, 0.25) is 17.7 Å². The van der Waals surface area contributed by atoms with Crippen LogP contribution in [0.3, 0.4) is 0 Å². The van der Waals surface area contributed by atoms with Gasteiger partial charge in [-0.2, -0.15) is 0 Å². The van der Waals surface area contributed by atoms with Crippen molar-refractivity contribution in [1.29, 1.82) is 0 Å². The van der Waals surface area contributed by atoms with Gasteiger partial charge in [0.05, 0.1) is 5.92 Å². The van der Waals surface area contributed by atoms with Crippen LogP contribution < -0.4 is 10.2 Å². The molecule has 30 heavy (non-hydrogen) atoms. The summed E-state index contributed by atoms with van der Waals surface area (Å²) in [6.07, 6.45) is 2.41. The number of likely N-dealkylation sites (tertiary alicyclic amines) is 1. The topological polar surface area (TPSA) is 79.0 Å². The van der Waals surface area contributed by atoms with Crippen molar-refractivity contribution in [1.82, 2.24) is 10.2 Å². The van der Waals surface area contributed by atoms with Gasteiger partial charge in [-0.15, -0.1) is 0 Å². The monoisotopic (exact) mass is 415 g/mol. The van der Waals surface area contributed by atoms with E-state index in [0.29, 0.717) is 52.2 Å². The molecule has 0 unspecified atom stereocenters. The van der Waals surface area contributed by atoms with Crippen LogP contribution in [0.5, 0.6) is 0 Å². The van der Waals surface area contributed by atoms with Crippen LogP contribution in [0.25, 0.3) is 0 Å². The molecule has 7 heteroatoms. The minimum Gasteiger partial charge on any atom is -0.382 e. The first-order chi connectivity index (χ1) is 14.5. The number of benzene rings is 1. The number of hydrogen-bond donors (Lipinski definition) is 1. The van der Waals surface area contributed by atoms with Crippen molar-refractivity contribution in [3.05, 3.63) is 29.8 Å². The predicted octanol–water partition coefficient (Wildman–Crippen LogP) is 2.13. The Bertz CT molecular complexity index is 741. The smallest absolute Gasteiger partial charge is 0.228 e. The van der Waals surface area contributed by atoms with Crippen LogP contribution in [0.2, 0.25) is 0 Å². The van der Waals surface area contributed by atoms with Gasteiger partial charge in [0.15, 0.2) is 0 Å². The third-order valence-corrected chi connectivity index (χ3v) is 5.97. The maximum atomic E-state index is 13.0. The summed E-state index contributed by atoms with van der Waals surface area (Å²) < 4.78 is 5.28. The second kappa shape index (κ2) is 10.6. The summed E-state index contributed by atoms with van der Waals surface area (Å²) in [7, 11) is 0. The summed E-state index contributed by atoms with van der Waals surface area (Å²) in [4.78, 5) is 41.3. The molecule has 2 heterocycles. The number of nitrogens with zero attached hydrogens (tertiary/aromatic N) is 2. The molecule has 164 valence electrons. The van der Waals surface area contributed by atoms with Crippen LogP contribution in [0.15, 0.2) is 24.3 Å². The highest BCUT2D eigenvalue weighted by atomic mass is 16.5. The molecule has 0 spiro atoms. The van der Waals surface area contributed by atoms with E-state index in [1.54, 1.807) is 4.90 Å². The van der Waals surface area contributed by atoms with E-state index < -0.39 is 0 Å². The Morgan fingerprint density at radius 3 is 2.50 bits per heavy atom. The zero-order chi connectivity index (χ0) is 21.5. The van der Waals surface area contributed by atoms with Crippen molar-refractivity contribution >= 4 is 23.4 Å². The molecule has 2 aliphatic rings. The Balaban J connectivity index is 1.44. The molecule has 1 aromatic rings. The summed E-state index contributed by atoms with van der Waals surface area (Å²) in [5, 5.41) is 2.97. The lowest BCUT2D eigenvalue weighted by Crippen LogP contribution is -2.45. The van der Waals surface area contributed by atoms with Gasteiger partial charge in [0, 0.05) is 57.4 Å². The summed E-state index contributed by atoms with van der Waals surface area (Å²) in [6.45, 7) is 7.51. The van der Waals surface area contributed by atoms with Crippen molar-refractivity contribution in [2.24, 2.45) is 11.8 Å². The fourth-order valence-electron chi connectivity index (χ4n) is 4.14. The zero-order valence-corrected chi connectivity index (χ0v) is 18.1. The third kappa shape index (κ3) is 5.59. The Morgan fingerprint density at radius 1 is 1.13 bits per heavy atom. The van der Waals surface area contributed by atoms with Crippen molar-refractivity contribution in [2.45, 2.75) is 39.5 Å². The van der Waals surface area contributed by atoms with E-state index >= 15 is 0 Å². The maximum Gasteiger partial charge on any atom is 0.228 e. The number of ether oxygens (including phenoxy) is 1. The Morgan fingerprint density at radius 2 is 1.83 bits per heavy atom. The second-order valence-corrected chi connectivity index (χ2v) is 8.18. The van der Waals surface area contributed by atoms with E-state index in [1.165, 1.54) is 0 Å². The first-order valence-electron chi connectivity index (χ1n) is 11.0. The molecular weight excluding hydrogens is 382 g/mol. The average molecular weight is 416 g/mol. The predicted molar refractivity (Wildman–Crippen MR) is 115 cm³/mol. The molecule has 0 bridgehead atoms. The molecule has 0 saturated carbocycles. The third-order valence-electron chi connectivity index (χ3n) is 5.97. The fraction of sp³-hybridized carbons (Fsp3) is 0.609. The van der Waals surface area contributed by atoms with Gasteiger partial charge < -0.3 is 19.9 Å². The van der Waals surface area contributed by atoms with Gasteiger partial charge in [-0.3, -0.25) is 14.4 Å². The zero-order valence-electron chi connectivity index (χ0n) is 18.1.